The van der Waals surface area contributed by atoms with Gasteiger partial charge in [-0.1, -0.05) is 11.6 Å². The van der Waals surface area contributed by atoms with Crippen LogP contribution in [0.2, 0.25) is 5.02 Å². The lowest BCUT2D eigenvalue weighted by Crippen LogP contribution is -2.34. The Bertz CT molecular complexity index is 1130. The molecule has 2 N–H and O–H groups in total. The second-order valence-electron chi connectivity index (χ2n) is 8.17. The van der Waals surface area contributed by atoms with Gasteiger partial charge in [0, 0.05) is 42.5 Å². The van der Waals surface area contributed by atoms with Gasteiger partial charge in [0.15, 0.2) is 0 Å². The maximum atomic E-state index is 12.2. The van der Waals surface area contributed by atoms with Gasteiger partial charge in [-0.2, -0.15) is 0 Å². The van der Waals surface area contributed by atoms with E-state index in [1.54, 1.807) is 45.4 Å². The molecule has 0 radical (unpaired) electrons. The van der Waals surface area contributed by atoms with Crippen molar-refractivity contribution in [2.45, 2.75) is 39.7 Å². The second-order valence-corrected chi connectivity index (χ2v) is 8.57. The minimum atomic E-state index is -0.587. The Balaban J connectivity index is 1.70. The molecule has 0 aliphatic heterocycles. The van der Waals surface area contributed by atoms with Crippen LogP contribution in [0.25, 0.3) is 21.9 Å². The van der Waals surface area contributed by atoms with Crippen molar-refractivity contribution in [1.29, 1.82) is 0 Å². The summed E-state index contributed by atoms with van der Waals surface area (Å²) in [5.41, 5.74) is 2.43. The van der Waals surface area contributed by atoms with Crippen LogP contribution in [-0.2, 0) is 9.53 Å². The number of hydrogen-bond donors (Lipinski definition) is 2. The number of fused-ring (bicyclic) bond motifs is 1. The van der Waals surface area contributed by atoms with Crippen molar-refractivity contribution in [3.8, 4) is 11.1 Å². The zero-order chi connectivity index (χ0) is 22.6. The van der Waals surface area contributed by atoms with E-state index in [1.807, 2.05) is 25.1 Å². The fourth-order valence-electron chi connectivity index (χ4n) is 3.00. The maximum Gasteiger partial charge on any atom is 0.407 e. The monoisotopic (exact) mass is 440 g/mol. The first-order valence-corrected chi connectivity index (χ1v) is 10.3. The molecule has 2 heterocycles. The highest BCUT2D eigenvalue weighted by Crippen LogP contribution is 2.32. The number of hydrogen-bond acceptors (Lipinski definition) is 5. The summed E-state index contributed by atoms with van der Waals surface area (Å²) in [6.07, 6.45) is 4.71. The van der Waals surface area contributed by atoms with Gasteiger partial charge in [0.25, 0.3) is 0 Å². The standard InChI is InChI=1S/C23H25ClN4O3/c1-14-5-7-25-12-17(14)15-9-16-11-20(27-13-18(16)19(24)10-15)28-21(29)6-8-26-22(30)31-23(2,3)4/h5,7,9-13H,6,8H2,1-4H3,(H,26,30)(H,27,28,29). The lowest BCUT2D eigenvalue weighted by Gasteiger charge is -2.19. The van der Waals surface area contributed by atoms with Crippen LogP contribution in [0.15, 0.2) is 42.9 Å². The van der Waals surface area contributed by atoms with E-state index < -0.39 is 11.7 Å². The smallest absolute Gasteiger partial charge is 0.407 e. The molecule has 7 nitrogen and oxygen atoms in total. The van der Waals surface area contributed by atoms with Crippen molar-refractivity contribution in [3.05, 3.63) is 53.4 Å². The Hall–Kier alpha value is -3.19. The summed E-state index contributed by atoms with van der Waals surface area (Å²) in [5.74, 6) is 0.138. The average molecular weight is 441 g/mol. The lowest BCUT2D eigenvalue weighted by molar-refractivity contribution is -0.116. The molecular formula is C23H25ClN4O3. The molecule has 2 amide bonds. The number of carbonyl (C=O) groups excluding carboxylic acids is 2. The first-order chi connectivity index (χ1) is 14.6. The number of nitrogens with one attached hydrogen (secondary N) is 2. The van der Waals surface area contributed by atoms with Gasteiger partial charge < -0.3 is 15.4 Å². The predicted octanol–water partition coefficient (Wildman–Crippen LogP) is 5.11. The number of anilines is 1. The van der Waals surface area contributed by atoms with Gasteiger partial charge in [-0.3, -0.25) is 9.78 Å². The third-order valence-electron chi connectivity index (χ3n) is 4.42. The lowest BCUT2D eigenvalue weighted by atomic mass is 10.0. The number of benzene rings is 1. The number of rotatable bonds is 5. The van der Waals surface area contributed by atoms with Crippen LogP contribution < -0.4 is 10.6 Å². The molecule has 0 saturated carbocycles. The molecular weight excluding hydrogens is 416 g/mol. The van der Waals surface area contributed by atoms with Gasteiger partial charge in [-0.15, -0.1) is 0 Å². The first kappa shape index (κ1) is 22.5. The molecule has 0 atom stereocenters. The normalized spacial score (nSPS) is 11.3. The van der Waals surface area contributed by atoms with Crippen LogP contribution in [0, 0.1) is 6.92 Å². The fraction of sp³-hybridized carbons (Fsp3) is 0.304. The summed E-state index contributed by atoms with van der Waals surface area (Å²) >= 11 is 6.47. The minimum absolute atomic E-state index is 0.0919. The van der Waals surface area contributed by atoms with Crippen molar-refractivity contribution >= 4 is 40.2 Å². The highest BCUT2D eigenvalue weighted by Gasteiger charge is 2.16. The van der Waals surface area contributed by atoms with Gasteiger partial charge in [-0.05, 0) is 68.5 Å². The number of carbonyl (C=O) groups is 2. The van der Waals surface area contributed by atoms with E-state index in [9.17, 15) is 9.59 Å². The van der Waals surface area contributed by atoms with Crippen molar-refractivity contribution in [3.63, 3.8) is 0 Å². The van der Waals surface area contributed by atoms with Crippen molar-refractivity contribution in [2.24, 2.45) is 0 Å². The summed E-state index contributed by atoms with van der Waals surface area (Å²) in [5, 5.41) is 7.52. The van der Waals surface area contributed by atoms with Crippen LogP contribution >= 0.6 is 11.6 Å². The Kier molecular flexibility index (Phi) is 6.75. The molecule has 3 rings (SSSR count). The number of pyridine rings is 2. The van der Waals surface area contributed by atoms with E-state index >= 15 is 0 Å². The molecule has 0 fully saturated rings. The predicted molar refractivity (Wildman–Crippen MR) is 122 cm³/mol. The minimum Gasteiger partial charge on any atom is -0.444 e. The van der Waals surface area contributed by atoms with Gasteiger partial charge in [0.1, 0.15) is 11.4 Å². The van der Waals surface area contributed by atoms with E-state index in [0.29, 0.717) is 10.8 Å². The molecule has 0 saturated heterocycles. The largest absolute Gasteiger partial charge is 0.444 e. The molecule has 1 aromatic carbocycles. The zero-order valence-corrected chi connectivity index (χ0v) is 18.7. The first-order valence-electron chi connectivity index (χ1n) is 9.89. The third kappa shape index (κ3) is 6.15. The van der Waals surface area contributed by atoms with E-state index in [2.05, 4.69) is 20.6 Å². The van der Waals surface area contributed by atoms with E-state index in [4.69, 9.17) is 16.3 Å². The summed E-state index contributed by atoms with van der Waals surface area (Å²) in [6, 6.07) is 7.59. The molecule has 31 heavy (non-hydrogen) atoms. The zero-order valence-electron chi connectivity index (χ0n) is 18.0. The van der Waals surface area contributed by atoms with Crippen LogP contribution in [0.1, 0.15) is 32.8 Å². The molecule has 0 aliphatic rings. The van der Waals surface area contributed by atoms with E-state index in [0.717, 1.165) is 27.5 Å². The molecule has 2 aromatic heterocycles. The average Bonchev–Trinajstić information content (AvgIpc) is 2.66. The van der Waals surface area contributed by atoms with Crippen LogP contribution in [0.3, 0.4) is 0 Å². The Labute approximate surface area is 186 Å². The second kappa shape index (κ2) is 9.31. The van der Waals surface area contributed by atoms with Gasteiger partial charge in [0.2, 0.25) is 5.91 Å². The van der Waals surface area contributed by atoms with Gasteiger partial charge >= 0.3 is 6.09 Å². The molecule has 0 bridgehead atoms. The SMILES string of the molecule is Cc1ccncc1-c1cc(Cl)c2cnc(NC(=O)CCNC(=O)OC(C)(C)C)cc2c1. The number of ether oxygens (including phenoxy) is 1. The van der Waals surface area contributed by atoms with E-state index in [-0.39, 0.29) is 18.9 Å². The topological polar surface area (TPSA) is 93.2 Å². The third-order valence-corrected chi connectivity index (χ3v) is 4.74. The number of nitrogens with zero attached hydrogens (tertiary/aromatic N) is 2. The van der Waals surface area contributed by atoms with Crippen LogP contribution in [0.5, 0.6) is 0 Å². The van der Waals surface area contributed by atoms with Crippen LogP contribution in [-0.4, -0.2) is 34.1 Å². The Morgan fingerprint density at radius 2 is 1.94 bits per heavy atom. The Morgan fingerprint density at radius 3 is 2.65 bits per heavy atom. The number of alkyl carbamates (subject to hydrolysis) is 1. The van der Waals surface area contributed by atoms with Gasteiger partial charge in [-0.25, -0.2) is 9.78 Å². The summed E-state index contributed by atoms with van der Waals surface area (Å²) in [7, 11) is 0. The summed E-state index contributed by atoms with van der Waals surface area (Å²) in [6.45, 7) is 7.50. The number of halogens is 1. The number of aryl methyl sites for hydroxylation is 1. The molecule has 8 heteroatoms. The molecule has 0 spiro atoms. The molecule has 0 unspecified atom stereocenters. The highest BCUT2D eigenvalue weighted by atomic mass is 35.5. The fourth-order valence-corrected chi connectivity index (χ4v) is 3.28. The summed E-state index contributed by atoms with van der Waals surface area (Å²) in [4.78, 5) is 32.4. The quantitative estimate of drug-likeness (QED) is 0.574. The number of aromatic nitrogens is 2. The van der Waals surface area contributed by atoms with Gasteiger partial charge in [0.05, 0.1) is 5.02 Å². The highest BCUT2D eigenvalue weighted by molar-refractivity contribution is 6.36. The Morgan fingerprint density at radius 1 is 1.16 bits per heavy atom. The van der Waals surface area contributed by atoms with Crippen molar-refractivity contribution in [2.75, 3.05) is 11.9 Å². The van der Waals surface area contributed by atoms with Crippen molar-refractivity contribution < 1.29 is 14.3 Å². The summed E-state index contributed by atoms with van der Waals surface area (Å²) < 4.78 is 5.14. The van der Waals surface area contributed by atoms with Crippen molar-refractivity contribution in [1.82, 2.24) is 15.3 Å². The molecule has 162 valence electrons. The maximum absolute atomic E-state index is 12.2. The molecule has 3 aromatic rings. The van der Waals surface area contributed by atoms with Crippen LogP contribution in [0.4, 0.5) is 10.6 Å². The van der Waals surface area contributed by atoms with E-state index in [1.165, 1.54) is 0 Å². The molecule has 0 aliphatic carbocycles. The number of amides is 2.